The van der Waals surface area contributed by atoms with Crippen LogP contribution >= 0.6 is 0 Å². The lowest BCUT2D eigenvalue weighted by molar-refractivity contribution is -0.131. The van der Waals surface area contributed by atoms with Crippen molar-refractivity contribution in [2.24, 2.45) is 0 Å². The van der Waals surface area contributed by atoms with E-state index in [2.05, 4.69) is 9.97 Å². The number of imidazole rings is 1. The van der Waals surface area contributed by atoms with Gasteiger partial charge in [-0.3, -0.25) is 0 Å². The highest BCUT2D eigenvalue weighted by Crippen LogP contribution is 2.22. The molecule has 0 aliphatic rings. The van der Waals surface area contributed by atoms with E-state index >= 15 is 0 Å². The number of aliphatic carboxylic acids is 1. The van der Waals surface area contributed by atoms with Gasteiger partial charge in [-0.2, -0.15) is 0 Å². The van der Waals surface area contributed by atoms with Crippen molar-refractivity contribution in [1.29, 1.82) is 0 Å². The zero-order valence-corrected chi connectivity index (χ0v) is 10.7. The van der Waals surface area contributed by atoms with Gasteiger partial charge in [-0.25, -0.2) is 9.78 Å². The fourth-order valence-corrected chi connectivity index (χ4v) is 1.69. The van der Waals surface area contributed by atoms with Gasteiger partial charge in [0.1, 0.15) is 11.6 Å². The summed E-state index contributed by atoms with van der Waals surface area (Å²) in [6, 6.07) is 7.50. The van der Waals surface area contributed by atoms with Crippen molar-refractivity contribution >= 4 is 12.0 Å². The number of aromatic nitrogens is 2. The first-order valence-corrected chi connectivity index (χ1v) is 5.72. The summed E-state index contributed by atoms with van der Waals surface area (Å²) < 4.78 is 5.16. The van der Waals surface area contributed by atoms with Crippen LogP contribution in [0.5, 0.6) is 5.75 Å². The molecule has 0 fully saturated rings. The predicted octanol–water partition coefficient (Wildman–Crippen LogP) is 2.49. The van der Waals surface area contributed by atoms with Crippen molar-refractivity contribution in [2.75, 3.05) is 7.11 Å². The monoisotopic (exact) mass is 258 g/mol. The molecule has 1 heterocycles. The summed E-state index contributed by atoms with van der Waals surface area (Å²) >= 11 is 0. The van der Waals surface area contributed by atoms with Crippen LogP contribution in [0.2, 0.25) is 0 Å². The number of carbonyl (C=O) groups is 1. The molecule has 0 amide bonds. The molecule has 0 aliphatic carbocycles. The Morgan fingerprint density at radius 1 is 1.47 bits per heavy atom. The van der Waals surface area contributed by atoms with Gasteiger partial charge in [0.2, 0.25) is 0 Å². The number of rotatable bonds is 4. The smallest absolute Gasteiger partial charge is 0.328 e. The SMILES string of the molecule is COc1cccc(-c2nc(/C=C/C(=O)O)c(C)[nH]2)c1. The second-order valence-electron chi connectivity index (χ2n) is 4.00. The lowest BCUT2D eigenvalue weighted by Crippen LogP contribution is -1.86. The van der Waals surface area contributed by atoms with Crippen LogP contribution in [-0.2, 0) is 4.79 Å². The maximum atomic E-state index is 10.5. The van der Waals surface area contributed by atoms with Gasteiger partial charge in [0.25, 0.3) is 0 Å². The molecule has 2 rings (SSSR count). The number of ether oxygens (including phenoxy) is 1. The van der Waals surface area contributed by atoms with E-state index in [1.54, 1.807) is 7.11 Å². The van der Waals surface area contributed by atoms with Crippen LogP contribution in [0, 0.1) is 6.92 Å². The number of carboxylic acid groups (broad SMARTS) is 1. The number of H-pyrrole nitrogens is 1. The summed E-state index contributed by atoms with van der Waals surface area (Å²) in [5.41, 5.74) is 2.31. The Morgan fingerprint density at radius 2 is 2.26 bits per heavy atom. The second-order valence-corrected chi connectivity index (χ2v) is 4.00. The van der Waals surface area contributed by atoms with Gasteiger partial charge in [0.05, 0.1) is 12.8 Å². The van der Waals surface area contributed by atoms with E-state index in [0.29, 0.717) is 11.5 Å². The van der Waals surface area contributed by atoms with Crippen molar-refractivity contribution < 1.29 is 14.6 Å². The van der Waals surface area contributed by atoms with Crippen molar-refractivity contribution in [2.45, 2.75) is 6.92 Å². The van der Waals surface area contributed by atoms with Crippen LogP contribution < -0.4 is 4.74 Å². The summed E-state index contributed by atoms with van der Waals surface area (Å²) in [7, 11) is 1.60. The fourth-order valence-electron chi connectivity index (χ4n) is 1.69. The zero-order chi connectivity index (χ0) is 13.8. The van der Waals surface area contributed by atoms with E-state index in [1.165, 1.54) is 6.08 Å². The van der Waals surface area contributed by atoms with Crippen molar-refractivity contribution in [1.82, 2.24) is 9.97 Å². The maximum absolute atomic E-state index is 10.5. The minimum absolute atomic E-state index is 0.611. The minimum Gasteiger partial charge on any atom is -0.497 e. The topological polar surface area (TPSA) is 75.2 Å². The molecule has 5 heteroatoms. The summed E-state index contributed by atoms with van der Waals surface area (Å²) in [5, 5.41) is 8.62. The number of hydrogen-bond acceptors (Lipinski definition) is 3. The van der Waals surface area contributed by atoms with E-state index in [4.69, 9.17) is 9.84 Å². The van der Waals surface area contributed by atoms with E-state index in [1.807, 2.05) is 31.2 Å². The molecule has 0 spiro atoms. The van der Waals surface area contributed by atoms with Crippen molar-refractivity contribution in [3.63, 3.8) is 0 Å². The normalized spacial score (nSPS) is 10.8. The van der Waals surface area contributed by atoms with Crippen LogP contribution in [0.25, 0.3) is 17.5 Å². The molecule has 0 unspecified atom stereocenters. The first-order valence-electron chi connectivity index (χ1n) is 5.72. The van der Waals surface area contributed by atoms with Crippen LogP contribution in [-0.4, -0.2) is 28.2 Å². The van der Waals surface area contributed by atoms with Gasteiger partial charge in [-0.05, 0) is 25.1 Å². The number of nitrogens with one attached hydrogen (secondary N) is 1. The zero-order valence-electron chi connectivity index (χ0n) is 10.7. The summed E-state index contributed by atoms with van der Waals surface area (Å²) in [5.74, 6) is 0.431. The fraction of sp³-hybridized carbons (Fsp3) is 0.143. The predicted molar refractivity (Wildman–Crippen MR) is 72.0 cm³/mol. The van der Waals surface area contributed by atoms with Crippen LogP contribution in [0.15, 0.2) is 30.3 Å². The third kappa shape index (κ3) is 3.01. The molecule has 19 heavy (non-hydrogen) atoms. The molecule has 5 nitrogen and oxygen atoms in total. The third-order valence-electron chi connectivity index (χ3n) is 2.65. The highest BCUT2D eigenvalue weighted by Gasteiger charge is 2.07. The molecule has 0 bridgehead atoms. The highest BCUT2D eigenvalue weighted by molar-refractivity contribution is 5.85. The molecular weight excluding hydrogens is 244 g/mol. The Kier molecular flexibility index (Phi) is 3.66. The van der Waals surface area contributed by atoms with E-state index in [9.17, 15) is 4.79 Å². The summed E-state index contributed by atoms with van der Waals surface area (Å²) in [6.07, 6.45) is 2.54. The van der Waals surface area contributed by atoms with E-state index < -0.39 is 5.97 Å². The molecule has 98 valence electrons. The number of aryl methyl sites for hydroxylation is 1. The standard InChI is InChI=1S/C14H14N2O3/c1-9-12(6-7-13(17)18)16-14(15-9)10-4-3-5-11(8-10)19-2/h3-8H,1-2H3,(H,15,16)(H,17,18)/b7-6+. The molecule has 0 saturated carbocycles. The van der Waals surface area contributed by atoms with Gasteiger partial charge in [-0.15, -0.1) is 0 Å². The number of benzene rings is 1. The van der Waals surface area contributed by atoms with Gasteiger partial charge < -0.3 is 14.8 Å². The van der Waals surface area contributed by atoms with Crippen molar-refractivity contribution in [3.05, 3.63) is 41.7 Å². The molecule has 0 aliphatic heterocycles. The second kappa shape index (κ2) is 5.39. The maximum Gasteiger partial charge on any atom is 0.328 e. The molecule has 2 N–H and O–H groups in total. The van der Waals surface area contributed by atoms with E-state index in [-0.39, 0.29) is 0 Å². The average Bonchev–Trinajstić information content (AvgIpc) is 2.78. The quantitative estimate of drug-likeness (QED) is 0.826. The number of carboxylic acids is 1. The number of hydrogen-bond donors (Lipinski definition) is 2. The molecule has 0 radical (unpaired) electrons. The van der Waals surface area contributed by atoms with Gasteiger partial charge in [0.15, 0.2) is 0 Å². The van der Waals surface area contributed by atoms with Gasteiger partial charge >= 0.3 is 5.97 Å². The molecular formula is C14H14N2O3. The first kappa shape index (κ1) is 12.9. The molecule has 1 aromatic heterocycles. The molecule has 0 saturated heterocycles. The highest BCUT2D eigenvalue weighted by atomic mass is 16.5. The Balaban J connectivity index is 2.35. The van der Waals surface area contributed by atoms with Crippen LogP contribution in [0.3, 0.4) is 0 Å². The van der Waals surface area contributed by atoms with E-state index in [0.717, 1.165) is 23.1 Å². The average molecular weight is 258 g/mol. The van der Waals surface area contributed by atoms with Crippen LogP contribution in [0.1, 0.15) is 11.4 Å². The summed E-state index contributed by atoms with van der Waals surface area (Å²) in [6.45, 7) is 1.85. The largest absolute Gasteiger partial charge is 0.497 e. The Morgan fingerprint density at radius 3 is 2.95 bits per heavy atom. The molecule has 1 aromatic carbocycles. The lowest BCUT2D eigenvalue weighted by Gasteiger charge is -2.01. The van der Waals surface area contributed by atoms with Crippen molar-refractivity contribution in [3.8, 4) is 17.1 Å². The number of aromatic amines is 1. The Hall–Kier alpha value is -2.56. The summed E-state index contributed by atoms with van der Waals surface area (Å²) in [4.78, 5) is 18.0. The number of methoxy groups -OCH3 is 1. The van der Waals surface area contributed by atoms with Gasteiger partial charge in [0, 0.05) is 17.3 Å². The van der Waals surface area contributed by atoms with Crippen LogP contribution in [0.4, 0.5) is 0 Å². The Labute approximate surface area is 110 Å². The lowest BCUT2D eigenvalue weighted by atomic mass is 10.2. The Bertz CT molecular complexity index is 629. The first-order chi connectivity index (χ1) is 9.10. The number of nitrogens with zero attached hydrogens (tertiary/aromatic N) is 1. The van der Waals surface area contributed by atoms with Gasteiger partial charge in [-0.1, -0.05) is 12.1 Å². The molecule has 2 aromatic rings. The minimum atomic E-state index is -0.995. The third-order valence-corrected chi connectivity index (χ3v) is 2.65. The molecule has 0 atom stereocenters.